The highest BCUT2D eigenvalue weighted by Crippen LogP contribution is 2.26. The highest BCUT2D eigenvalue weighted by molar-refractivity contribution is 5.85. The molecule has 1 aromatic carbocycles. The van der Waals surface area contributed by atoms with Gasteiger partial charge in [-0.25, -0.2) is 15.0 Å². The molecule has 0 saturated carbocycles. The van der Waals surface area contributed by atoms with Crippen molar-refractivity contribution in [2.45, 2.75) is 40.0 Å². The molecular weight excluding hydrogens is 340 g/mol. The first kappa shape index (κ1) is 19.1. The molecule has 0 aliphatic carbocycles. The molecule has 0 aliphatic heterocycles. The largest absolute Gasteiger partial charge is 0.396 e. The summed E-state index contributed by atoms with van der Waals surface area (Å²) in [7, 11) is 0. The summed E-state index contributed by atoms with van der Waals surface area (Å²) in [6, 6.07) is 8.14. The Labute approximate surface area is 159 Å². The minimum absolute atomic E-state index is 0.0229. The summed E-state index contributed by atoms with van der Waals surface area (Å²) in [4.78, 5) is 19.5. The van der Waals surface area contributed by atoms with Gasteiger partial charge in [-0.15, -0.1) is 0 Å². The molecule has 0 spiro atoms. The van der Waals surface area contributed by atoms with Crippen LogP contribution in [0.3, 0.4) is 0 Å². The standard InChI is InChI=1S/C20H28N6O/c1-4-10-26(11-5-2)19-17-18(22-16(23-19)9-12-27)25-20(24-17)21-15-8-6-7-14(3)13-15/h6-8,13,27H,4-5,9-12H2,1-3H3,(H2,21,22,23,24,25). The van der Waals surface area contributed by atoms with Crippen molar-refractivity contribution in [3.8, 4) is 0 Å². The Hall–Kier alpha value is -2.67. The van der Waals surface area contributed by atoms with Gasteiger partial charge in [-0.1, -0.05) is 26.0 Å². The lowest BCUT2D eigenvalue weighted by molar-refractivity contribution is 0.297. The van der Waals surface area contributed by atoms with E-state index in [1.165, 1.54) is 5.56 Å². The van der Waals surface area contributed by atoms with E-state index in [-0.39, 0.29) is 6.61 Å². The highest BCUT2D eigenvalue weighted by atomic mass is 16.3. The lowest BCUT2D eigenvalue weighted by Crippen LogP contribution is -2.26. The molecule has 0 atom stereocenters. The molecule has 0 bridgehead atoms. The molecule has 0 aliphatic rings. The van der Waals surface area contributed by atoms with Gasteiger partial charge in [0.2, 0.25) is 5.95 Å². The fraction of sp³-hybridized carbons (Fsp3) is 0.450. The fourth-order valence-corrected chi connectivity index (χ4v) is 3.14. The second-order valence-corrected chi connectivity index (χ2v) is 6.70. The Bertz CT molecular complexity index is 885. The summed E-state index contributed by atoms with van der Waals surface area (Å²) in [5.41, 5.74) is 3.60. The molecule has 0 unspecified atom stereocenters. The van der Waals surface area contributed by atoms with Crippen molar-refractivity contribution in [1.29, 1.82) is 0 Å². The molecular formula is C20H28N6O. The van der Waals surface area contributed by atoms with Gasteiger partial charge in [-0.2, -0.15) is 0 Å². The lowest BCUT2D eigenvalue weighted by atomic mass is 10.2. The summed E-state index contributed by atoms with van der Waals surface area (Å²) in [5, 5.41) is 12.6. The smallest absolute Gasteiger partial charge is 0.207 e. The van der Waals surface area contributed by atoms with Crippen LogP contribution in [0.15, 0.2) is 24.3 Å². The van der Waals surface area contributed by atoms with Crippen LogP contribution in [-0.4, -0.2) is 44.7 Å². The first-order valence-corrected chi connectivity index (χ1v) is 9.60. The van der Waals surface area contributed by atoms with Gasteiger partial charge in [0.25, 0.3) is 0 Å². The number of hydrogen-bond acceptors (Lipinski definition) is 6. The number of aryl methyl sites for hydroxylation is 1. The maximum atomic E-state index is 9.32. The van der Waals surface area contributed by atoms with E-state index in [0.717, 1.165) is 43.0 Å². The van der Waals surface area contributed by atoms with Crippen molar-refractivity contribution < 1.29 is 5.11 Å². The second-order valence-electron chi connectivity index (χ2n) is 6.70. The number of aliphatic hydroxyl groups excluding tert-OH is 1. The average molecular weight is 368 g/mol. The molecule has 27 heavy (non-hydrogen) atoms. The molecule has 2 heterocycles. The van der Waals surface area contributed by atoms with Gasteiger partial charge < -0.3 is 20.3 Å². The molecule has 0 saturated heterocycles. The topological polar surface area (TPSA) is 90.0 Å². The van der Waals surface area contributed by atoms with Gasteiger partial charge in [0.05, 0.1) is 6.61 Å². The van der Waals surface area contributed by atoms with Crippen molar-refractivity contribution in [2.75, 3.05) is 29.9 Å². The molecule has 7 nitrogen and oxygen atoms in total. The molecule has 0 amide bonds. The zero-order chi connectivity index (χ0) is 19.2. The van der Waals surface area contributed by atoms with Crippen LogP contribution < -0.4 is 10.2 Å². The van der Waals surface area contributed by atoms with Crippen LogP contribution in [0.1, 0.15) is 38.1 Å². The van der Waals surface area contributed by atoms with E-state index in [2.05, 4.69) is 53.1 Å². The number of aliphatic hydroxyl groups is 1. The Morgan fingerprint density at radius 3 is 2.56 bits per heavy atom. The fourth-order valence-electron chi connectivity index (χ4n) is 3.14. The van der Waals surface area contributed by atoms with Gasteiger partial charge in [-0.05, 0) is 37.5 Å². The zero-order valence-electron chi connectivity index (χ0n) is 16.3. The molecule has 0 fully saturated rings. The van der Waals surface area contributed by atoms with Crippen LogP contribution in [0.2, 0.25) is 0 Å². The van der Waals surface area contributed by atoms with Crippen LogP contribution in [-0.2, 0) is 6.42 Å². The predicted molar refractivity (Wildman–Crippen MR) is 110 cm³/mol. The molecule has 3 rings (SSSR count). The number of fused-ring (bicyclic) bond motifs is 1. The average Bonchev–Trinajstić information content (AvgIpc) is 3.03. The molecule has 3 aromatic rings. The van der Waals surface area contributed by atoms with E-state index in [1.807, 2.05) is 12.1 Å². The second kappa shape index (κ2) is 8.81. The third-order valence-corrected chi connectivity index (χ3v) is 4.28. The number of benzene rings is 1. The van der Waals surface area contributed by atoms with Gasteiger partial charge >= 0.3 is 0 Å². The minimum atomic E-state index is 0.0229. The molecule has 7 heteroatoms. The molecule has 2 aromatic heterocycles. The van der Waals surface area contributed by atoms with E-state index in [9.17, 15) is 5.11 Å². The number of nitrogens with zero attached hydrogens (tertiary/aromatic N) is 4. The number of nitrogens with one attached hydrogen (secondary N) is 2. The van der Waals surface area contributed by atoms with E-state index < -0.39 is 0 Å². The number of aromatic amines is 1. The van der Waals surface area contributed by atoms with Gasteiger partial charge in [-0.3, -0.25) is 0 Å². The monoisotopic (exact) mass is 368 g/mol. The zero-order valence-corrected chi connectivity index (χ0v) is 16.3. The SMILES string of the molecule is CCCN(CCC)c1nc(CCO)nc2[nH]c(Nc3cccc(C)c3)nc12. The van der Waals surface area contributed by atoms with Crippen molar-refractivity contribution in [3.63, 3.8) is 0 Å². The third-order valence-electron chi connectivity index (χ3n) is 4.28. The summed E-state index contributed by atoms with van der Waals surface area (Å²) >= 11 is 0. The van der Waals surface area contributed by atoms with Crippen LogP contribution >= 0.6 is 0 Å². The number of hydrogen-bond donors (Lipinski definition) is 3. The van der Waals surface area contributed by atoms with Gasteiger partial charge in [0.1, 0.15) is 5.82 Å². The van der Waals surface area contributed by atoms with Gasteiger partial charge in [0.15, 0.2) is 17.0 Å². The summed E-state index contributed by atoms with van der Waals surface area (Å²) in [6.07, 6.45) is 2.48. The maximum Gasteiger partial charge on any atom is 0.207 e. The summed E-state index contributed by atoms with van der Waals surface area (Å²) < 4.78 is 0. The van der Waals surface area contributed by atoms with Crippen molar-refractivity contribution in [2.24, 2.45) is 0 Å². The van der Waals surface area contributed by atoms with Crippen molar-refractivity contribution in [3.05, 3.63) is 35.7 Å². The Kier molecular flexibility index (Phi) is 6.24. The number of anilines is 3. The van der Waals surface area contributed by atoms with E-state index >= 15 is 0 Å². The van der Waals surface area contributed by atoms with Crippen LogP contribution in [0.25, 0.3) is 11.2 Å². The summed E-state index contributed by atoms with van der Waals surface area (Å²) in [6.45, 7) is 8.21. The van der Waals surface area contributed by atoms with Crippen LogP contribution in [0, 0.1) is 6.92 Å². The maximum absolute atomic E-state index is 9.32. The van der Waals surface area contributed by atoms with Crippen LogP contribution in [0.5, 0.6) is 0 Å². The Balaban J connectivity index is 2.02. The van der Waals surface area contributed by atoms with Gasteiger partial charge in [0, 0.05) is 25.2 Å². The first-order chi connectivity index (χ1) is 13.1. The normalized spacial score (nSPS) is 11.1. The van der Waals surface area contributed by atoms with Crippen molar-refractivity contribution in [1.82, 2.24) is 19.9 Å². The van der Waals surface area contributed by atoms with Crippen molar-refractivity contribution >= 4 is 28.6 Å². The molecule has 144 valence electrons. The number of H-pyrrole nitrogens is 1. The van der Waals surface area contributed by atoms with E-state index in [1.54, 1.807) is 0 Å². The summed E-state index contributed by atoms with van der Waals surface area (Å²) in [5.74, 6) is 2.10. The number of rotatable bonds is 9. The highest BCUT2D eigenvalue weighted by Gasteiger charge is 2.17. The quantitative estimate of drug-likeness (QED) is 0.535. The first-order valence-electron chi connectivity index (χ1n) is 9.60. The predicted octanol–water partition coefficient (Wildman–Crippen LogP) is 3.57. The van der Waals surface area contributed by atoms with E-state index in [4.69, 9.17) is 9.97 Å². The number of aromatic nitrogens is 4. The Morgan fingerprint density at radius 2 is 1.89 bits per heavy atom. The van der Waals surface area contributed by atoms with E-state index in [0.29, 0.717) is 23.8 Å². The molecule has 3 N–H and O–H groups in total. The minimum Gasteiger partial charge on any atom is -0.396 e. The molecule has 0 radical (unpaired) electrons. The number of imidazole rings is 1. The third kappa shape index (κ3) is 4.54. The Morgan fingerprint density at radius 1 is 1.11 bits per heavy atom. The van der Waals surface area contributed by atoms with Crippen LogP contribution in [0.4, 0.5) is 17.5 Å². The lowest BCUT2D eigenvalue weighted by Gasteiger charge is -2.23.